The van der Waals surface area contributed by atoms with Crippen LogP contribution in [0.25, 0.3) is 11.3 Å². The van der Waals surface area contributed by atoms with E-state index < -0.39 is 0 Å². The summed E-state index contributed by atoms with van der Waals surface area (Å²) in [5.74, 6) is -0.219. The van der Waals surface area contributed by atoms with Crippen LogP contribution in [0.4, 0.5) is 4.39 Å². The molecule has 76 valence electrons. The van der Waals surface area contributed by atoms with Gasteiger partial charge in [-0.3, -0.25) is 4.98 Å². The molecule has 1 heterocycles. The van der Waals surface area contributed by atoms with Gasteiger partial charge in [0.25, 0.3) is 0 Å². The molecule has 0 saturated heterocycles. The highest BCUT2D eigenvalue weighted by Gasteiger charge is 1.99. The third-order valence-corrected chi connectivity index (χ3v) is 2.37. The van der Waals surface area contributed by atoms with Crippen molar-refractivity contribution < 1.29 is 4.39 Å². The second-order valence-electron chi connectivity index (χ2n) is 3.41. The van der Waals surface area contributed by atoms with E-state index in [1.165, 1.54) is 17.7 Å². The van der Waals surface area contributed by atoms with E-state index in [0.717, 1.165) is 17.7 Å². The lowest BCUT2D eigenvalue weighted by Gasteiger charge is -2.01. The molecule has 0 aliphatic rings. The first-order valence-corrected chi connectivity index (χ1v) is 5.00. The number of benzene rings is 1. The van der Waals surface area contributed by atoms with Crippen LogP contribution in [-0.4, -0.2) is 4.98 Å². The van der Waals surface area contributed by atoms with Crippen LogP contribution in [0, 0.1) is 5.82 Å². The Morgan fingerprint density at radius 2 is 1.80 bits per heavy atom. The van der Waals surface area contributed by atoms with Crippen LogP contribution in [0.5, 0.6) is 0 Å². The van der Waals surface area contributed by atoms with Crippen molar-refractivity contribution in [2.45, 2.75) is 13.3 Å². The number of hydrogen-bond acceptors (Lipinski definition) is 1. The maximum absolute atomic E-state index is 12.7. The summed E-state index contributed by atoms with van der Waals surface area (Å²) in [6, 6.07) is 10.4. The van der Waals surface area contributed by atoms with Gasteiger partial charge in [0.2, 0.25) is 0 Å². The van der Waals surface area contributed by atoms with Gasteiger partial charge in [-0.2, -0.15) is 0 Å². The summed E-state index contributed by atoms with van der Waals surface area (Å²) in [4.78, 5) is 4.33. The Hall–Kier alpha value is -1.70. The predicted octanol–water partition coefficient (Wildman–Crippen LogP) is 3.45. The largest absolute Gasteiger partial charge is 0.256 e. The van der Waals surface area contributed by atoms with Crippen molar-refractivity contribution in [2.24, 2.45) is 0 Å². The molecule has 2 aromatic rings. The predicted molar refractivity (Wildman–Crippen MR) is 59.0 cm³/mol. The minimum atomic E-state index is -0.219. The fourth-order valence-electron chi connectivity index (χ4n) is 1.43. The summed E-state index contributed by atoms with van der Waals surface area (Å²) in [7, 11) is 0. The van der Waals surface area contributed by atoms with Gasteiger partial charge in [-0.25, -0.2) is 4.39 Å². The second kappa shape index (κ2) is 4.22. The van der Waals surface area contributed by atoms with Crippen LogP contribution in [0.3, 0.4) is 0 Å². The summed E-state index contributed by atoms with van der Waals surface area (Å²) in [6.07, 6.45) is 2.84. The number of nitrogens with zero attached hydrogens (tertiary/aromatic N) is 1. The topological polar surface area (TPSA) is 12.9 Å². The lowest BCUT2D eigenvalue weighted by Crippen LogP contribution is -1.86. The van der Waals surface area contributed by atoms with E-state index in [1.54, 1.807) is 12.1 Å². The summed E-state index contributed by atoms with van der Waals surface area (Å²) >= 11 is 0. The highest BCUT2D eigenvalue weighted by Crippen LogP contribution is 2.17. The Bertz CT molecular complexity index is 431. The van der Waals surface area contributed by atoms with Gasteiger partial charge in [0.15, 0.2) is 0 Å². The molecule has 0 aliphatic heterocycles. The Morgan fingerprint density at radius 3 is 2.33 bits per heavy atom. The number of halogens is 1. The number of hydrogen-bond donors (Lipinski definition) is 0. The Labute approximate surface area is 88.6 Å². The van der Waals surface area contributed by atoms with Gasteiger partial charge in [0.05, 0.1) is 5.69 Å². The van der Waals surface area contributed by atoms with E-state index in [4.69, 9.17) is 0 Å². The molecular formula is C13H12FN. The molecule has 0 aliphatic carbocycles. The number of aromatic nitrogens is 1. The number of rotatable bonds is 2. The molecule has 1 nitrogen and oxygen atoms in total. The quantitative estimate of drug-likeness (QED) is 0.725. The first-order chi connectivity index (χ1) is 7.29. The lowest BCUT2D eigenvalue weighted by atomic mass is 10.1. The summed E-state index contributed by atoms with van der Waals surface area (Å²) in [5.41, 5.74) is 3.03. The van der Waals surface area contributed by atoms with Crippen LogP contribution in [-0.2, 0) is 6.42 Å². The molecule has 0 bridgehead atoms. The summed E-state index contributed by atoms with van der Waals surface area (Å²) in [6.45, 7) is 2.09. The molecule has 1 aromatic heterocycles. The van der Waals surface area contributed by atoms with Gasteiger partial charge in [-0.1, -0.05) is 13.0 Å². The highest BCUT2D eigenvalue weighted by atomic mass is 19.1. The van der Waals surface area contributed by atoms with E-state index >= 15 is 0 Å². The van der Waals surface area contributed by atoms with E-state index in [-0.39, 0.29) is 5.82 Å². The first kappa shape index (κ1) is 9.84. The summed E-state index contributed by atoms with van der Waals surface area (Å²) in [5, 5.41) is 0. The average Bonchev–Trinajstić information content (AvgIpc) is 2.30. The van der Waals surface area contributed by atoms with E-state index in [2.05, 4.69) is 11.9 Å². The van der Waals surface area contributed by atoms with Gasteiger partial charge >= 0.3 is 0 Å². The highest BCUT2D eigenvalue weighted by molar-refractivity contribution is 5.58. The minimum Gasteiger partial charge on any atom is -0.256 e. The number of pyridine rings is 1. The third kappa shape index (κ3) is 2.21. The second-order valence-corrected chi connectivity index (χ2v) is 3.41. The average molecular weight is 201 g/mol. The van der Waals surface area contributed by atoms with Crippen LogP contribution < -0.4 is 0 Å². The van der Waals surface area contributed by atoms with E-state index in [1.807, 2.05) is 18.3 Å². The van der Waals surface area contributed by atoms with Crippen molar-refractivity contribution in [1.29, 1.82) is 0 Å². The number of aryl methyl sites for hydroxylation is 1. The smallest absolute Gasteiger partial charge is 0.123 e. The maximum atomic E-state index is 12.7. The SMILES string of the molecule is CCc1ccc(-c2ccc(F)cc2)nc1. The Kier molecular flexibility index (Phi) is 2.77. The van der Waals surface area contributed by atoms with Crippen molar-refractivity contribution in [3.8, 4) is 11.3 Å². The molecule has 0 amide bonds. The molecule has 1 aromatic carbocycles. The fraction of sp³-hybridized carbons (Fsp3) is 0.154. The van der Waals surface area contributed by atoms with Gasteiger partial charge in [0, 0.05) is 11.8 Å². The van der Waals surface area contributed by atoms with Crippen LogP contribution in [0.1, 0.15) is 12.5 Å². The van der Waals surface area contributed by atoms with Gasteiger partial charge in [-0.05, 0) is 42.3 Å². The molecule has 2 rings (SSSR count). The molecule has 0 atom stereocenters. The zero-order valence-corrected chi connectivity index (χ0v) is 8.57. The molecule has 0 saturated carbocycles. The monoisotopic (exact) mass is 201 g/mol. The molecule has 15 heavy (non-hydrogen) atoms. The first-order valence-electron chi connectivity index (χ1n) is 5.00. The van der Waals surface area contributed by atoms with Gasteiger partial charge < -0.3 is 0 Å². The maximum Gasteiger partial charge on any atom is 0.123 e. The molecule has 0 fully saturated rings. The van der Waals surface area contributed by atoms with Crippen molar-refractivity contribution in [2.75, 3.05) is 0 Å². The molecule has 0 radical (unpaired) electrons. The van der Waals surface area contributed by atoms with Crippen LogP contribution in [0.15, 0.2) is 42.6 Å². The standard InChI is InChI=1S/C13H12FN/c1-2-10-3-8-13(15-9-10)11-4-6-12(14)7-5-11/h3-9H,2H2,1H3. The van der Waals surface area contributed by atoms with Crippen molar-refractivity contribution in [1.82, 2.24) is 4.98 Å². The molecule has 2 heteroatoms. The van der Waals surface area contributed by atoms with E-state index in [0.29, 0.717) is 0 Å². The van der Waals surface area contributed by atoms with Crippen molar-refractivity contribution in [3.05, 3.63) is 54.0 Å². The zero-order valence-electron chi connectivity index (χ0n) is 8.57. The lowest BCUT2D eigenvalue weighted by molar-refractivity contribution is 0.628. The van der Waals surface area contributed by atoms with Crippen molar-refractivity contribution >= 4 is 0 Å². The normalized spacial score (nSPS) is 10.3. The molecule has 0 unspecified atom stereocenters. The van der Waals surface area contributed by atoms with Gasteiger partial charge in [0.1, 0.15) is 5.82 Å². The van der Waals surface area contributed by atoms with Gasteiger partial charge in [-0.15, -0.1) is 0 Å². The zero-order chi connectivity index (χ0) is 10.7. The molecular weight excluding hydrogens is 189 g/mol. The minimum absolute atomic E-state index is 0.219. The Balaban J connectivity index is 2.33. The molecule has 0 spiro atoms. The third-order valence-electron chi connectivity index (χ3n) is 2.37. The summed E-state index contributed by atoms with van der Waals surface area (Å²) < 4.78 is 12.7. The Morgan fingerprint density at radius 1 is 1.07 bits per heavy atom. The van der Waals surface area contributed by atoms with E-state index in [9.17, 15) is 4.39 Å². The van der Waals surface area contributed by atoms with Crippen LogP contribution in [0.2, 0.25) is 0 Å². The fourth-order valence-corrected chi connectivity index (χ4v) is 1.43. The molecule has 0 N–H and O–H groups in total. The van der Waals surface area contributed by atoms with Crippen molar-refractivity contribution in [3.63, 3.8) is 0 Å². The van der Waals surface area contributed by atoms with Crippen LogP contribution >= 0.6 is 0 Å².